The van der Waals surface area contributed by atoms with Gasteiger partial charge in [-0.05, 0) is 42.5 Å². The van der Waals surface area contributed by atoms with Gasteiger partial charge in [0.25, 0.3) is 0 Å². The van der Waals surface area contributed by atoms with E-state index in [2.05, 4.69) is 10.1 Å². The van der Waals surface area contributed by atoms with Gasteiger partial charge in [-0.15, -0.1) is 13.2 Å². The van der Waals surface area contributed by atoms with Gasteiger partial charge in [-0.3, -0.25) is 4.79 Å². The number of hydrogen-bond donors (Lipinski definition) is 1. The van der Waals surface area contributed by atoms with Crippen LogP contribution in [0.4, 0.5) is 18.9 Å². The van der Waals surface area contributed by atoms with E-state index in [9.17, 15) is 18.0 Å². The van der Waals surface area contributed by atoms with Crippen molar-refractivity contribution in [2.45, 2.75) is 25.1 Å². The van der Waals surface area contributed by atoms with E-state index in [-0.39, 0.29) is 23.5 Å². The zero-order chi connectivity index (χ0) is 12.9. The van der Waals surface area contributed by atoms with E-state index in [4.69, 9.17) is 0 Å². The Labute approximate surface area is 101 Å². The lowest BCUT2D eigenvalue weighted by Crippen LogP contribution is -2.17. The molecule has 0 aromatic heterocycles. The highest BCUT2D eigenvalue weighted by atomic mass is 19.4. The van der Waals surface area contributed by atoms with Crippen LogP contribution in [-0.2, 0) is 4.79 Å². The number of hydrogen-bond acceptors (Lipinski definition) is 2. The van der Waals surface area contributed by atoms with Gasteiger partial charge >= 0.3 is 6.36 Å². The van der Waals surface area contributed by atoms with E-state index in [1.807, 2.05) is 0 Å². The van der Waals surface area contributed by atoms with Gasteiger partial charge in [-0.25, -0.2) is 0 Å². The molecule has 3 nitrogen and oxygen atoms in total. The van der Waals surface area contributed by atoms with Crippen LogP contribution in [0.5, 0.6) is 5.75 Å². The van der Waals surface area contributed by atoms with Gasteiger partial charge in [0.15, 0.2) is 0 Å². The largest absolute Gasteiger partial charge is 0.573 e. The number of carbonyl (C=O) groups excluding carboxylic acids is 1. The van der Waals surface area contributed by atoms with Crippen LogP contribution < -0.4 is 10.1 Å². The summed E-state index contributed by atoms with van der Waals surface area (Å²) < 4.78 is 40.3. The number of ether oxygens (including phenoxy) is 1. The zero-order valence-corrected chi connectivity index (χ0v) is 9.25. The fraction of sp³-hybridized carbons (Fsp3) is 0.417. The summed E-state index contributed by atoms with van der Waals surface area (Å²) in [6.45, 7) is 0. The van der Waals surface area contributed by atoms with Crippen molar-refractivity contribution in [1.29, 1.82) is 0 Å². The van der Waals surface area contributed by atoms with Crippen molar-refractivity contribution in [2.24, 2.45) is 5.92 Å². The molecule has 0 radical (unpaired) electrons. The van der Waals surface area contributed by atoms with E-state index in [1.165, 1.54) is 18.2 Å². The summed E-state index contributed by atoms with van der Waals surface area (Å²) in [7, 11) is 0. The predicted octanol–water partition coefficient (Wildman–Crippen LogP) is 3.03. The first-order valence-electron chi connectivity index (χ1n) is 5.64. The maximum Gasteiger partial charge on any atom is 0.573 e. The number of anilines is 1. The van der Waals surface area contributed by atoms with E-state index >= 15 is 0 Å². The second kappa shape index (κ2) is 3.63. The van der Waals surface area contributed by atoms with Crippen LogP contribution in [0.2, 0.25) is 0 Å². The van der Waals surface area contributed by atoms with Gasteiger partial charge in [-0.1, -0.05) is 0 Å². The minimum atomic E-state index is -4.71. The Hall–Kier alpha value is -1.72. The van der Waals surface area contributed by atoms with Crippen molar-refractivity contribution in [3.8, 4) is 5.75 Å². The average Bonchev–Trinajstić information content (AvgIpc) is 3.00. The first-order valence-corrected chi connectivity index (χ1v) is 5.64. The van der Waals surface area contributed by atoms with Gasteiger partial charge in [0.1, 0.15) is 5.75 Å². The summed E-state index contributed by atoms with van der Waals surface area (Å²) in [5, 5.41) is 2.68. The third kappa shape index (κ3) is 2.02. The standard InChI is InChI=1S/C12H10F3NO2/c13-12(14,15)18-7-3-4-9-8(5-7)10(6-1-2-6)11(17)16-9/h3-6,10H,1-2H2,(H,16,17). The third-order valence-electron chi connectivity index (χ3n) is 3.23. The molecular formula is C12H10F3NO2. The molecule has 18 heavy (non-hydrogen) atoms. The van der Waals surface area contributed by atoms with Crippen molar-refractivity contribution in [2.75, 3.05) is 5.32 Å². The lowest BCUT2D eigenvalue weighted by Gasteiger charge is -2.11. The molecule has 1 unspecified atom stereocenters. The molecule has 3 rings (SSSR count). The van der Waals surface area contributed by atoms with Gasteiger partial charge in [0, 0.05) is 5.69 Å². The summed E-state index contributed by atoms with van der Waals surface area (Å²) in [6.07, 6.45) is -2.82. The highest BCUT2D eigenvalue weighted by Crippen LogP contribution is 2.49. The van der Waals surface area contributed by atoms with Crippen LogP contribution in [0.15, 0.2) is 18.2 Å². The molecule has 1 heterocycles. The number of nitrogens with one attached hydrogen (secondary N) is 1. The van der Waals surface area contributed by atoms with Gasteiger partial charge in [0.05, 0.1) is 5.92 Å². The number of alkyl halides is 3. The van der Waals surface area contributed by atoms with Gasteiger partial charge < -0.3 is 10.1 Å². The minimum absolute atomic E-state index is 0.128. The smallest absolute Gasteiger partial charge is 0.406 e. The molecule has 1 aromatic rings. The number of carbonyl (C=O) groups is 1. The van der Waals surface area contributed by atoms with Crippen LogP contribution in [0.1, 0.15) is 24.3 Å². The van der Waals surface area contributed by atoms with E-state index in [1.54, 1.807) is 0 Å². The van der Waals surface area contributed by atoms with Crippen LogP contribution in [-0.4, -0.2) is 12.3 Å². The highest BCUT2D eigenvalue weighted by molar-refractivity contribution is 6.03. The van der Waals surface area contributed by atoms with E-state index in [0.717, 1.165) is 12.8 Å². The normalized spacial score (nSPS) is 22.6. The first kappa shape index (κ1) is 11.4. The molecular weight excluding hydrogens is 247 g/mol. The molecule has 0 saturated heterocycles. The number of benzene rings is 1. The maximum atomic E-state index is 12.1. The Morgan fingerprint density at radius 3 is 2.61 bits per heavy atom. The first-order chi connectivity index (χ1) is 8.44. The van der Waals surface area contributed by atoms with E-state index in [0.29, 0.717) is 11.3 Å². The topological polar surface area (TPSA) is 38.3 Å². The number of amides is 1. The molecule has 1 amide bonds. The molecule has 1 saturated carbocycles. The molecule has 2 aliphatic rings. The van der Waals surface area contributed by atoms with Crippen molar-refractivity contribution >= 4 is 11.6 Å². The SMILES string of the molecule is O=C1Nc2ccc(OC(F)(F)F)cc2C1C1CC1. The predicted molar refractivity (Wildman–Crippen MR) is 57.2 cm³/mol. The second-order valence-corrected chi connectivity index (χ2v) is 4.60. The minimum Gasteiger partial charge on any atom is -0.406 e. The summed E-state index contributed by atoms with van der Waals surface area (Å²) in [5.41, 5.74) is 1.20. The molecule has 1 aliphatic carbocycles. The molecule has 1 fully saturated rings. The summed E-state index contributed by atoms with van der Waals surface area (Å²) in [5.74, 6) is -0.468. The molecule has 1 aromatic carbocycles. The fourth-order valence-electron chi connectivity index (χ4n) is 2.36. The quantitative estimate of drug-likeness (QED) is 0.884. The maximum absolute atomic E-state index is 12.1. The number of fused-ring (bicyclic) bond motifs is 1. The van der Waals surface area contributed by atoms with Gasteiger partial charge in [0.2, 0.25) is 5.91 Å². The monoisotopic (exact) mass is 257 g/mol. The molecule has 1 N–H and O–H groups in total. The van der Waals surface area contributed by atoms with Crippen LogP contribution >= 0.6 is 0 Å². The van der Waals surface area contributed by atoms with Crippen molar-refractivity contribution in [3.63, 3.8) is 0 Å². The Bertz CT molecular complexity index is 509. The molecule has 1 atom stereocenters. The summed E-state index contributed by atoms with van der Waals surface area (Å²) in [4.78, 5) is 11.7. The zero-order valence-electron chi connectivity index (χ0n) is 9.25. The van der Waals surface area contributed by atoms with Crippen molar-refractivity contribution in [3.05, 3.63) is 23.8 Å². The second-order valence-electron chi connectivity index (χ2n) is 4.60. The summed E-state index contributed by atoms with van der Waals surface area (Å²) >= 11 is 0. The van der Waals surface area contributed by atoms with Crippen LogP contribution in [0.3, 0.4) is 0 Å². The lowest BCUT2D eigenvalue weighted by atomic mass is 9.96. The van der Waals surface area contributed by atoms with Crippen molar-refractivity contribution in [1.82, 2.24) is 0 Å². The number of halogens is 3. The van der Waals surface area contributed by atoms with Crippen molar-refractivity contribution < 1.29 is 22.7 Å². The van der Waals surface area contributed by atoms with E-state index < -0.39 is 6.36 Å². The summed E-state index contributed by atoms with van der Waals surface area (Å²) in [6, 6.07) is 3.97. The Morgan fingerprint density at radius 1 is 1.28 bits per heavy atom. The molecule has 1 aliphatic heterocycles. The molecule has 0 spiro atoms. The lowest BCUT2D eigenvalue weighted by molar-refractivity contribution is -0.274. The van der Waals surface area contributed by atoms with Crippen LogP contribution in [0, 0.1) is 5.92 Å². The Kier molecular flexibility index (Phi) is 2.30. The average molecular weight is 257 g/mol. The Balaban J connectivity index is 1.92. The Morgan fingerprint density at radius 2 is 2.00 bits per heavy atom. The highest BCUT2D eigenvalue weighted by Gasteiger charge is 2.42. The molecule has 96 valence electrons. The van der Waals surface area contributed by atoms with Gasteiger partial charge in [-0.2, -0.15) is 0 Å². The van der Waals surface area contributed by atoms with Crippen LogP contribution in [0.25, 0.3) is 0 Å². The molecule has 6 heteroatoms. The number of rotatable bonds is 2. The molecule has 0 bridgehead atoms. The fourth-order valence-corrected chi connectivity index (χ4v) is 2.36. The third-order valence-corrected chi connectivity index (χ3v) is 3.23.